The lowest BCUT2D eigenvalue weighted by Crippen LogP contribution is -2.10. The number of hydrogen-bond acceptors (Lipinski definition) is 3. The molecule has 0 saturated heterocycles. The van der Waals surface area contributed by atoms with Crippen LogP contribution in [0.5, 0.6) is 0 Å². The molecular weight excluding hydrogens is 209 g/mol. The Kier molecular flexibility index (Phi) is 4.37. The molecule has 1 aromatic carbocycles. The SMILES string of the molecule is CCCP(=O)(OCC)c1ccc(N)cc1. The highest BCUT2D eigenvalue weighted by Crippen LogP contribution is 2.46. The Morgan fingerprint density at radius 1 is 1.27 bits per heavy atom. The summed E-state index contributed by atoms with van der Waals surface area (Å²) in [4.78, 5) is 0. The fourth-order valence-corrected chi connectivity index (χ4v) is 3.62. The maximum atomic E-state index is 12.5. The first-order valence-corrected chi connectivity index (χ1v) is 7.03. The average Bonchev–Trinajstić information content (AvgIpc) is 2.19. The van der Waals surface area contributed by atoms with Gasteiger partial charge in [0.1, 0.15) is 0 Å². The zero-order chi connectivity index (χ0) is 11.3. The van der Waals surface area contributed by atoms with Crippen LogP contribution in [0.15, 0.2) is 24.3 Å². The van der Waals surface area contributed by atoms with Crippen LogP contribution in [0, 0.1) is 0 Å². The lowest BCUT2D eigenvalue weighted by atomic mass is 10.3. The molecule has 0 spiro atoms. The van der Waals surface area contributed by atoms with Gasteiger partial charge in [-0.1, -0.05) is 6.92 Å². The lowest BCUT2D eigenvalue weighted by molar-refractivity contribution is 0.340. The summed E-state index contributed by atoms with van der Waals surface area (Å²) in [5.41, 5.74) is 6.27. The van der Waals surface area contributed by atoms with E-state index in [1.54, 1.807) is 24.3 Å². The van der Waals surface area contributed by atoms with Crippen LogP contribution in [0.4, 0.5) is 5.69 Å². The van der Waals surface area contributed by atoms with Crippen molar-refractivity contribution in [2.24, 2.45) is 0 Å². The predicted molar refractivity (Wildman–Crippen MR) is 64.9 cm³/mol. The van der Waals surface area contributed by atoms with Crippen molar-refractivity contribution in [1.82, 2.24) is 0 Å². The molecule has 0 aliphatic carbocycles. The smallest absolute Gasteiger partial charge is 0.232 e. The molecular formula is C11H18NO2P. The van der Waals surface area contributed by atoms with E-state index in [1.165, 1.54) is 0 Å². The van der Waals surface area contributed by atoms with Gasteiger partial charge in [0.15, 0.2) is 0 Å². The summed E-state index contributed by atoms with van der Waals surface area (Å²) in [5, 5.41) is 0.764. The van der Waals surface area contributed by atoms with Crippen molar-refractivity contribution in [1.29, 1.82) is 0 Å². The normalized spacial score (nSPS) is 14.8. The van der Waals surface area contributed by atoms with Gasteiger partial charge in [-0.3, -0.25) is 4.57 Å². The molecule has 2 N–H and O–H groups in total. The van der Waals surface area contributed by atoms with Gasteiger partial charge in [-0.25, -0.2) is 0 Å². The minimum atomic E-state index is -2.65. The second kappa shape index (κ2) is 5.34. The summed E-state index contributed by atoms with van der Waals surface area (Å²) in [5.74, 6) is 0. The van der Waals surface area contributed by atoms with E-state index in [1.807, 2.05) is 13.8 Å². The molecule has 1 aromatic rings. The first kappa shape index (κ1) is 12.3. The van der Waals surface area contributed by atoms with E-state index in [9.17, 15) is 4.57 Å². The van der Waals surface area contributed by atoms with Crippen LogP contribution in [0.2, 0.25) is 0 Å². The summed E-state index contributed by atoms with van der Waals surface area (Å²) in [6.45, 7) is 4.34. The fourth-order valence-electron chi connectivity index (χ4n) is 1.47. The van der Waals surface area contributed by atoms with Crippen molar-refractivity contribution in [2.75, 3.05) is 18.5 Å². The Labute approximate surface area is 91.1 Å². The van der Waals surface area contributed by atoms with Gasteiger partial charge >= 0.3 is 0 Å². The van der Waals surface area contributed by atoms with Crippen molar-refractivity contribution in [3.05, 3.63) is 24.3 Å². The third-order valence-corrected chi connectivity index (χ3v) is 4.94. The number of rotatable bonds is 5. The van der Waals surface area contributed by atoms with Crippen LogP contribution >= 0.6 is 7.37 Å². The number of hydrogen-bond donors (Lipinski definition) is 1. The second-order valence-corrected chi connectivity index (χ2v) is 5.97. The van der Waals surface area contributed by atoms with Gasteiger partial charge in [-0.2, -0.15) is 0 Å². The molecule has 0 aromatic heterocycles. The molecule has 1 atom stereocenters. The molecule has 0 aliphatic rings. The molecule has 0 bridgehead atoms. The molecule has 15 heavy (non-hydrogen) atoms. The Hall–Kier alpha value is -0.790. The standard InChI is InChI=1S/C11H18NO2P/c1-3-9-15(13,14-4-2)11-7-5-10(12)6-8-11/h5-8H,3-4,9,12H2,1-2H3. The van der Waals surface area contributed by atoms with Crippen LogP contribution in [0.25, 0.3) is 0 Å². The number of nitrogens with two attached hydrogens (primary N) is 1. The fraction of sp³-hybridized carbons (Fsp3) is 0.455. The molecule has 0 aliphatic heterocycles. The third-order valence-electron chi connectivity index (χ3n) is 2.14. The molecule has 4 heteroatoms. The molecule has 0 radical (unpaired) electrons. The molecule has 1 rings (SSSR count). The van der Waals surface area contributed by atoms with E-state index in [0.717, 1.165) is 11.7 Å². The van der Waals surface area contributed by atoms with E-state index in [2.05, 4.69) is 0 Å². The Bertz CT molecular complexity index is 338. The van der Waals surface area contributed by atoms with Crippen LogP contribution in [-0.4, -0.2) is 12.8 Å². The zero-order valence-corrected chi connectivity index (χ0v) is 10.2. The van der Waals surface area contributed by atoms with E-state index >= 15 is 0 Å². The van der Waals surface area contributed by atoms with Crippen molar-refractivity contribution in [3.8, 4) is 0 Å². The molecule has 0 heterocycles. The van der Waals surface area contributed by atoms with Gasteiger partial charge < -0.3 is 10.3 Å². The van der Waals surface area contributed by atoms with Gasteiger partial charge in [-0.15, -0.1) is 0 Å². The van der Waals surface area contributed by atoms with Crippen molar-refractivity contribution >= 4 is 18.4 Å². The van der Waals surface area contributed by atoms with Gasteiger partial charge in [-0.05, 0) is 37.6 Å². The molecule has 84 valence electrons. The van der Waals surface area contributed by atoms with E-state index in [4.69, 9.17) is 10.3 Å². The highest BCUT2D eigenvalue weighted by molar-refractivity contribution is 7.67. The van der Waals surface area contributed by atoms with Crippen molar-refractivity contribution < 1.29 is 9.09 Å². The number of benzene rings is 1. The summed E-state index contributed by atoms with van der Waals surface area (Å²) >= 11 is 0. The summed E-state index contributed by atoms with van der Waals surface area (Å²) in [7, 11) is -2.65. The Morgan fingerprint density at radius 3 is 2.33 bits per heavy atom. The number of nitrogen functional groups attached to an aromatic ring is 1. The highest BCUT2D eigenvalue weighted by Gasteiger charge is 2.23. The minimum absolute atomic E-state index is 0.474. The van der Waals surface area contributed by atoms with Crippen LogP contribution < -0.4 is 11.0 Å². The monoisotopic (exact) mass is 227 g/mol. The zero-order valence-electron chi connectivity index (χ0n) is 9.27. The van der Waals surface area contributed by atoms with Crippen molar-refractivity contribution in [3.63, 3.8) is 0 Å². The third kappa shape index (κ3) is 3.08. The molecule has 0 fully saturated rings. The van der Waals surface area contributed by atoms with Gasteiger partial charge in [0.25, 0.3) is 0 Å². The molecule has 3 nitrogen and oxygen atoms in total. The topological polar surface area (TPSA) is 52.3 Å². The van der Waals surface area contributed by atoms with E-state index in [0.29, 0.717) is 18.5 Å². The Morgan fingerprint density at radius 2 is 1.87 bits per heavy atom. The largest absolute Gasteiger partial charge is 0.399 e. The molecule has 0 saturated carbocycles. The maximum absolute atomic E-state index is 12.5. The lowest BCUT2D eigenvalue weighted by Gasteiger charge is -2.17. The van der Waals surface area contributed by atoms with Crippen LogP contribution in [0.1, 0.15) is 20.3 Å². The van der Waals surface area contributed by atoms with Crippen molar-refractivity contribution in [2.45, 2.75) is 20.3 Å². The molecule has 1 unspecified atom stereocenters. The second-order valence-electron chi connectivity index (χ2n) is 3.41. The van der Waals surface area contributed by atoms with Crippen LogP contribution in [0.3, 0.4) is 0 Å². The average molecular weight is 227 g/mol. The van der Waals surface area contributed by atoms with Crippen LogP contribution in [-0.2, 0) is 9.09 Å². The summed E-state index contributed by atoms with van der Waals surface area (Å²) < 4.78 is 17.9. The van der Waals surface area contributed by atoms with Gasteiger partial charge in [0, 0.05) is 17.2 Å². The van der Waals surface area contributed by atoms with E-state index in [-0.39, 0.29) is 0 Å². The van der Waals surface area contributed by atoms with E-state index < -0.39 is 7.37 Å². The minimum Gasteiger partial charge on any atom is -0.399 e. The maximum Gasteiger partial charge on any atom is 0.232 e. The molecule has 0 amide bonds. The first-order valence-electron chi connectivity index (χ1n) is 5.22. The predicted octanol–water partition coefficient (Wildman–Crippen LogP) is 2.62. The summed E-state index contributed by atoms with van der Waals surface area (Å²) in [6, 6.07) is 7.11. The highest BCUT2D eigenvalue weighted by atomic mass is 31.2. The Balaban J connectivity index is 2.98. The van der Waals surface area contributed by atoms with Gasteiger partial charge in [0.05, 0.1) is 6.61 Å². The first-order chi connectivity index (χ1) is 7.12. The summed E-state index contributed by atoms with van der Waals surface area (Å²) in [6.07, 6.45) is 1.44. The quantitative estimate of drug-likeness (QED) is 0.621. The van der Waals surface area contributed by atoms with Gasteiger partial charge in [0.2, 0.25) is 7.37 Å². The number of anilines is 1.